The molecule has 1 aromatic heterocycles. The third kappa shape index (κ3) is 11.2. The lowest BCUT2D eigenvalue weighted by atomic mass is 10.1. The van der Waals surface area contributed by atoms with Crippen molar-refractivity contribution in [2.24, 2.45) is 5.92 Å². The minimum atomic E-state index is -5.08. The number of ether oxygens (including phenoxy) is 2. The molecule has 3 fully saturated rings. The van der Waals surface area contributed by atoms with Crippen molar-refractivity contribution >= 4 is 17.8 Å². The molecule has 2 saturated heterocycles. The number of alkyl halides is 6. The minimum absolute atomic E-state index is 0.336. The summed E-state index contributed by atoms with van der Waals surface area (Å²) in [4.78, 5) is 27.5. The lowest BCUT2D eigenvalue weighted by Gasteiger charge is -2.38. The van der Waals surface area contributed by atoms with Crippen LogP contribution in [-0.2, 0) is 19.1 Å². The van der Waals surface area contributed by atoms with E-state index in [2.05, 4.69) is 34.9 Å². The van der Waals surface area contributed by atoms with E-state index in [0.717, 1.165) is 57.3 Å². The molecule has 3 heterocycles. The molecule has 1 aromatic rings. The summed E-state index contributed by atoms with van der Waals surface area (Å²) < 4.78 is 75.6. The van der Waals surface area contributed by atoms with Crippen LogP contribution in [0.3, 0.4) is 0 Å². The molecule has 2 N–H and O–H groups in total. The highest BCUT2D eigenvalue weighted by molar-refractivity contribution is 5.73. The first-order chi connectivity index (χ1) is 18.2. The van der Waals surface area contributed by atoms with E-state index in [4.69, 9.17) is 34.3 Å². The highest BCUT2D eigenvalue weighted by atomic mass is 19.4. The number of pyridine rings is 1. The average Bonchev–Trinajstić information content (AvgIpc) is 3.51. The number of rotatable bonds is 6. The molecule has 0 spiro atoms. The van der Waals surface area contributed by atoms with Crippen LogP contribution in [0.4, 0.5) is 32.2 Å². The molecule has 3 atom stereocenters. The first kappa shape index (κ1) is 32.6. The van der Waals surface area contributed by atoms with E-state index in [1.54, 1.807) is 0 Å². The van der Waals surface area contributed by atoms with E-state index in [1.165, 1.54) is 25.9 Å². The predicted octanol–water partition coefficient (Wildman–Crippen LogP) is 3.75. The molecule has 0 radical (unpaired) electrons. The van der Waals surface area contributed by atoms with Gasteiger partial charge in [-0.05, 0) is 63.7 Å². The summed E-state index contributed by atoms with van der Waals surface area (Å²) in [6.07, 6.45) is -4.85. The third-order valence-electron chi connectivity index (χ3n) is 6.39. The highest BCUT2D eigenvalue weighted by Crippen LogP contribution is 2.36. The molecule has 15 heteroatoms. The van der Waals surface area contributed by atoms with Crippen LogP contribution in [-0.4, -0.2) is 103 Å². The van der Waals surface area contributed by atoms with Gasteiger partial charge in [0.1, 0.15) is 5.82 Å². The SMILES string of the molecule is Cc1cccc(N2CCOC3CC(COCCN4CCCC4)CC32)n1.O=C(O)C(F)(F)F.O=C(O)C(F)(F)F. The fraction of sp³-hybridized carbons (Fsp3) is 0.708. The van der Waals surface area contributed by atoms with Crippen molar-refractivity contribution in [1.29, 1.82) is 0 Å². The van der Waals surface area contributed by atoms with Crippen molar-refractivity contribution in [3.63, 3.8) is 0 Å². The van der Waals surface area contributed by atoms with Gasteiger partial charge in [-0.3, -0.25) is 0 Å². The van der Waals surface area contributed by atoms with Crippen LogP contribution in [0, 0.1) is 12.8 Å². The lowest BCUT2D eigenvalue weighted by molar-refractivity contribution is -0.193. The summed E-state index contributed by atoms with van der Waals surface area (Å²) >= 11 is 0. The monoisotopic (exact) mass is 573 g/mol. The Morgan fingerprint density at radius 1 is 1.03 bits per heavy atom. The Morgan fingerprint density at radius 3 is 2.15 bits per heavy atom. The topological polar surface area (TPSA) is 112 Å². The molecule has 3 aliphatic rings. The number of halogens is 6. The Balaban J connectivity index is 0.000000317. The number of nitrogens with zero attached hydrogens (tertiary/aromatic N) is 3. The molecule has 0 bridgehead atoms. The van der Waals surface area contributed by atoms with Crippen molar-refractivity contribution in [2.75, 3.05) is 50.9 Å². The number of morpholine rings is 1. The van der Waals surface area contributed by atoms with Gasteiger partial charge in [-0.25, -0.2) is 14.6 Å². The predicted molar refractivity (Wildman–Crippen MR) is 126 cm³/mol. The summed E-state index contributed by atoms with van der Waals surface area (Å²) in [6.45, 7) is 9.16. The molecule has 9 nitrogen and oxygen atoms in total. The molecule has 39 heavy (non-hydrogen) atoms. The molecule has 0 amide bonds. The number of hydrogen-bond donors (Lipinski definition) is 2. The summed E-state index contributed by atoms with van der Waals surface area (Å²) in [5.74, 6) is -3.80. The Hall–Kier alpha value is -2.65. The number of fused-ring (bicyclic) bond motifs is 1. The highest BCUT2D eigenvalue weighted by Gasteiger charge is 2.42. The minimum Gasteiger partial charge on any atom is -0.475 e. The van der Waals surface area contributed by atoms with Crippen LogP contribution in [0.15, 0.2) is 18.2 Å². The Morgan fingerprint density at radius 2 is 1.62 bits per heavy atom. The average molecular weight is 574 g/mol. The number of carboxylic acids is 2. The van der Waals surface area contributed by atoms with E-state index in [0.29, 0.717) is 18.1 Å². The molecule has 4 rings (SSSR count). The van der Waals surface area contributed by atoms with Gasteiger partial charge in [0.2, 0.25) is 0 Å². The first-order valence-electron chi connectivity index (χ1n) is 12.4. The van der Waals surface area contributed by atoms with Crippen LogP contribution in [0.25, 0.3) is 0 Å². The van der Waals surface area contributed by atoms with E-state index in [1.807, 2.05) is 0 Å². The number of hydrogen-bond acceptors (Lipinski definition) is 7. The van der Waals surface area contributed by atoms with Gasteiger partial charge in [0.15, 0.2) is 0 Å². The maximum Gasteiger partial charge on any atom is 0.490 e. The maximum absolute atomic E-state index is 10.6. The van der Waals surface area contributed by atoms with Gasteiger partial charge in [0.05, 0.1) is 25.4 Å². The normalized spacial score (nSPS) is 23.3. The van der Waals surface area contributed by atoms with Crippen LogP contribution in [0.1, 0.15) is 31.4 Å². The number of aliphatic carboxylic acids is 2. The molecule has 3 unspecified atom stereocenters. The number of carboxylic acid groups (broad SMARTS) is 2. The molecule has 2 aliphatic heterocycles. The van der Waals surface area contributed by atoms with Crippen molar-refractivity contribution < 1.29 is 55.6 Å². The van der Waals surface area contributed by atoms with Gasteiger partial charge in [0.25, 0.3) is 0 Å². The van der Waals surface area contributed by atoms with Crippen molar-refractivity contribution in [3.8, 4) is 0 Å². The van der Waals surface area contributed by atoms with E-state index in [9.17, 15) is 26.3 Å². The second-order valence-corrected chi connectivity index (χ2v) is 9.37. The van der Waals surface area contributed by atoms with Crippen molar-refractivity contribution in [1.82, 2.24) is 9.88 Å². The van der Waals surface area contributed by atoms with Crippen LogP contribution < -0.4 is 4.90 Å². The Bertz CT molecular complexity index is 902. The zero-order valence-electron chi connectivity index (χ0n) is 21.4. The standard InChI is InChI=1S/C20H31N3O2.2C2HF3O2/c1-16-5-4-6-20(21-16)23-10-12-25-19-14-17(13-18(19)23)15-24-11-9-22-7-2-3-8-22;2*3-2(4,5)1(6)7/h4-6,17-19H,2-3,7-15H2,1H3;2*(H,6,7). The zero-order chi connectivity index (χ0) is 29.2. The number of likely N-dealkylation sites (tertiary alicyclic amines) is 1. The molecule has 1 saturated carbocycles. The lowest BCUT2D eigenvalue weighted by Crippen LogP contribution is -2.49. The fourth-order valence-corrected chi connectivity index (χ4v) is 4.61. The van der Waals surface area contributed by atoms with Crippen LogP contribution in [0.2, 0.25) is 0 Å². The van der Waals surface area contributed by atoms with Crippen molar-refractivity contribution in [2.45, 2.75) is 57.1 Å². The third-order valence-corrected chi connectivity index (χ3v) is 6.39. The number of aromatic nitrogens is 1. The molecule has 1 aliphatic carbocycles. The molecule has 0 aromatic carbocycles. The van der Waals surface area contributed by atoms with Gasteiger partial charge in [-0.2, -0.15) is 26.3 Å². The molecular formula is C24H33F6N3O6. The fourth-order valence-electron chi connectivity index (χ4n) is 4.61. The summed E-state index contributed by atoms with van der Waals surface area (Å²) in [6, 6.07) is 6.76. The van der Waals surface area contributed by atoms with Gasteiger partial charge in [-0.15, -0.1) is 0 Å². The van der Waals surface area contributed by atoms with Gasteiger partial charge in [0, 0.05) is 25.4 Å². The zero-order valence-corrected chi connectivity index (χ0v) is 21.4. The summed E-state index contributed by atoms with van der Waals surface area (Å²) in [5.41, 5.74) is 1.08. The van der Waals surface area contributed by atoms with Gasteiger partial charge >= 0.3 is 24.3 Å². The first-order valence-corrected chi connectivity index (χ1v) is 12.4. The molecular weight excluding hydrogens is 540 g/mol. The van der Waals surface area contributed by atoms with Crippen LogP contribution in [0.5, 0.6) is 0 Å². The van der Waals surface area contributed by atoms with E-state index in [-0.39, 0.29) is 0 Å². The van der Waals surface area contributed by atoms with Crippen LogP contribution >= 0.6 is 0 Å². The number of anilines is 1. The Labute approximate surface area is 221 Å². The smallest absolute Gasteiger partial charge is 0.475 e. The summed E-state index contributed by atoms with van der Waals surface area (Å²) in [5, 5.41) is 14.2. The Kier molecular flexibility index (Phi) is 12.2. The number of aryl methyl sites for hydroxylation is 1. The summed E-state index contributed by atoms with van der Waals surface area (Å²) in [7, 11) is 0. The second kappa shape index (κ2) is 14.7. The maximum atomic E-state index is 10.6. The van der Waals surface area contributed by atoms with E-state index < -0.39 is 24.3 Å². The van der Waals surface area contributed by atoms with Crippen molar-refractivity contribution in [3.05, 3.63) is 23.9 Å². The van der Waals surface area contributed by atoms with Gasteiger partial charge in [-0.1, -0.05) is 6.07 Å². The number of carbonyl (C=O) groups is 2. The quantitative estimate of drug-likeness (QED) is 0.388. The van der Waals surface area contributed by atoms with Gasteiger partial charge < -0.3 is 29.5 Å². The largest absolute Gasteiger partial charge is 0.490 e. The molecule has 222 valence electrons. The van der Waals surface area contributed by atoms with E-state index >= 15 is 0 Å². The second-order valence-electron chi connectivity index (χ2n) is 9.37.